The van der Waals surface area contributed by atoms with Crippen LogP contribution in [0.1, 0.15) is 37.7 Å². The van der Waals surface area contributed by atoms with Crippen LogP contribution in [0, 0.1) is 6.92 Å². The van der Waals surface area contributed by atoms with Crippen molar-refractivity contribution in [3.63, 3.8) is 0 Å². The minimum atomic E-state index is 0.439. The fourth-order valence-electron chi connectivity index (χ4n) is 2.88. The first kappa shape index (κ1) is 12.8. The van der Waals surface area contributed by atoms with E-state index < -0.39 is 0 Å². The van der Waals surface area contributed by atoms with Gasteiger partial charge in [-0.25, -0.2) is 14.3 Å². The monoisotopic (exact) mass is 281 g/mol. The first-order chi connectivity index (χ1) is 9.26. The molecular weight excluding hydrogens is 262 g/mol. The fraction of sp³-hybridized carbons (Fsp3) is 0.692. The molecule has 19 heavy (non-hydrogen) atoms. The van der Waals surface area contributed by atoms with Crippen molar-refractivity contribution in [3.05, 3.63) is 11.5 Å². The summed E-state index contributed by atoms with van der Waals surface area (Å²) in [4.78, 5) is 4.68. The van der Waals surface area contributed by atoms with E-state index in [-0.39, 0.29) is 0 Å². The van der Waals surface area contributed by atoms with Crippen molar-refractivity contribution in [1.82, 2.24) is 19.4 Å². The summed E-state index contributed by atoms with van der Waals surface area (Å²) in [5.74, 6) is 1.37. The van der Waals surface area contributed by atoms with Crippen molar-refractivity contribution in [2.75, 3.05) is 18.1 Å². The second kappa shape index (κ2) is 5.04. The summed E-state index contributed by atoms with van der Waals surface area (Å²) in [6.45, 7) is 7.12. The molecule has 0 unspecified atom stereocenters. The average molecular weight is 282 g/mol. The number of hydrogen-bond donors (Lipinski definition) is 0. The van der Waals surface area contributed by atoms with Gasteiger partial charge in [0.1, 0.15) is 11.3 Å². The SMILES string of the molecule is CCn1nc(C)c2nc(CCl)n(N3CCCCC3)c21. The van der Waals surface area contributed by atoms with Crippen LogP contribution in [-0.4, -0.2) is 32.5 Å². The molecule has 0 saturated carbocycles. The number of nitrogens with zero attached hydrogens (tertiary/aromatic N) is 5. The molecular formula is C13H20ClN5. The number of piperidine rings is 1. The van der Waals surface area contributed by atoms with Crippen molar-refractivity contribution in [2.24, 2.45) is 0 Å². The zero-order valence-corrected chi connectivity index (χ0v) is 12.3. The van der Waals surface area contributed by atoms with Gasteiger partial charge in [-0.1, -0.05) is 0 Å². The van der Waals surface area contributed by atoms with Gasteiger partial charge in [-0.15, -0.1) is 11.6 Å². The van der Waals surface area contributed by atoms with Gasteiger partial charge < -0.3 is 5.01 Å². The average Bonchev–Trinajstić information content (AvgIpc) is 2.97. The molecule has 0 bridgehead atoms. The van der Waals surface area contributed by atoms with Gasteiger partial charge in [-0.3, -0.25) is 0 Å². The number of imidazole rings is 1. The van der Waals surface area contributed by atoms with Crippen molar-refractivity contribution >= 4 is 22.8 Å². The second-order valence-electron chi connectivity index (χ2n) is 5.06. The smallest absolute Gasteiger partial charge is 0.178 e. The molecule has 0 aromatic carbocycles. The van der Waals surface area contributed by atoms with E-state index in [9.17, 15) is 0 Å². The molecule has 2 aromatic rings. The fourth-order valence-corrected chi connectivity index (χ4v) is 3.05. The van der Waals surface area contributed by atoms with E-state index in [1.165, 1.54) is 19.3 Å². The molecule has 1 saturated heterocycles. The molecule has 1 fully saturated rings. The Kier molecular flexibility index (Phi) is 3.39. The zero-order valence-electron chi connectivity index (χ0n) is 11.6. The van der Waals surface area contributed by atoms with Crippen LogP contribution >= 0.6 is 11.6 Å². The molecule has 1 aliphatic rings. The van der Waals surface area contributed by atoms with E-state index in [1.807, 2.05) is 11.6 Å². The molecule has 0 N–H and O–H groups in total. The van der Waals surface area contributed by atoms with Gasteiger partial charge in [0, 0.05) is 19.6 Å². The van der Waals surface area contributed by atoms with Crippen LogP contribution in [0.4, 0.5) is 0 Å². The minimum Gasteiger partial charge on any atom is -0.310 e. The molecule has 0 aliphatic carbocycles. The highest BCUT2D eigenvalue weighted by molar-refractivity contribution is 6.16. The first-order valence-electron chi connectivity index (χ1n) is 7.02. The molecule has 5 nitrogen and oxygen atoms in total. The molecule has 104 valence electrons. The number of rotatable bonds is 3. The van der Waals surface area contributed by atoms with Crippen LogP contribution in [0.2, 0.25) is 0 Å². The normalized spacial score (nSPS) is 16.5. The van der Waals surface area contributed by atoms with Gasteiger partial charge in [0.2, 0.25) is 0 Å². The second-order valence-corrected chi connectivity index (χ2v) is 5.33. The summed E-state index contributed by atoms with van der Waals surface area (Å²) in [5.41, 5.74) is 3.07. The Labute approximate surface area is 118 Å². The van der Waals surface area contributed by atoms with Crippen molar-refractivity contribution in [2.45, 2.75) is 45.5 Å². The van der Waals surface area contributed by atoms with Gasteiger partial charge >= 0.3 is 0 Å². The predicted octanol–water partition coefficient (Wildman–Crippen LogP) is 2.42. The summed E-state index contributed by atoms with van der Waals surface area (Å²) in [6, 6.07) is 0. The Bertz CT molecular complexity index is 579. The maximum atomic E-state index is 6.09. The lowest BCUT2D eigenvalue weighted by Gasteiger charge is -2.31. The van der Waals surface area contributed by atoms with E-state index in [0.29, 0.717) is 5.88 Å². The van der Waals surface area contributed by atoms with Crippen LogP contribution in [0.25, 0.3) is 11.2 Å². The van der Waals surface area contributed by atoms with Crippen LogP contribution in [0.5, 0.6) is 0 Å². The number of hydrogen-bond acceptors (Lipinski definition) is 3. The van der Waals surface area contributed by atoms with E-state index in [4.69, 9.17) is 11.6 Å². The Morgan fingerprint density at radius 2 is 1.95 bits per heavy atom. The maximum absolute atomic E-state index is 6.09. The van der Waals surface area contributed by atoms with Crippen LogP contribution < -0.4 is 5.01 Å². The summed E-state index contributed by atoms with van der Waals surface area (Å²) < 4.78 is 4.23. The molecule has 2 aromatic heterocycles. The summed E-state index contributed by atoms with van der Waals surface area (Å²) >= 11 is 6.09. The number of alkyl halides is 1. The van der Waals surface area contributed by atoms with Gasteiger partial charge in [-0.2, -0.15) is 5.10 Å². The third-order valence-electron chi connectivity index (χ3n) is 3.79. The predicted molar refractivity (Wildman–Crippen MR) is 77.3 cm³/mol. The van der Waals surface area contributed by atoms with Crippen LogP contribution in [-0.2, 0) is 12.4 Å². The lowest BCUT2D eigenvalue weighted by Crippen LogP contribution is -2.40. The molecule has 6 heteroatoms. The van der Waals surface area contributed by atoms with Gasteiger partial charge in [-0.05, 0) is 33.1 Å². The molecule has 0 atom stereocenters. The van der Waals surface area contributed by atoms with Crippen LogP contribution in [0.3, 0.4) is 0 Å². The zero-order chi connectivity index (χ0) is 13.4. The molecule has 1 aliphatic heterocycles. The van der Waals surface area contributed by atoms with E-state index in [1.54, 1.807) is 0 Å². The Balaban J connectivity index is 2.18. The lowest BCUT2D eigenvalue weighted by molar-refractivity contribution is 0.470. The van der Waals surface area contributed by atoms with Crippen molar-refractivity contribution < 1.29 is 0 Å². The summed E-state index contributed by atoms with van der Waals surface area (Å²) in [6.07, 6.45) is 3.79. The quantitative estimate of drug-likeness (QED) is 0.811. The third-order valence-corrected chi connectivity index (χ3v) is 4.03. The van der Waals surface area contributed by atoms with Crippen LogP contribution in [0.15, 0.2) is 0 Å². The maximum Gasteiger partial charge on any atom is 0.178 e. The van der Waals surface area contributed by atoms with E-state index in [0.717, 1.165) is 42.3 Å². The van der Waals surface area contributed by atoms with Gasteiger partial charge in [0.15, 0.2) is 5.65 Å². The Hall–Kier alpha value is -1.23. The summed E-state index contributed by atoms with van der Waals surface area (Å²) in [5, 5.41) is 6.93. The Morgan fingerprint density at radius 1 is 1.21 bits per heavy atom. The molecule has 3 rings (SSSR count). The highest BCUT2D eigenvalue weighted by Crippen LogP contribution is 2.23. The topological polar surface area (TPSA) is 38.9 Å². The minimum absolute atomic E-state index is 0.439. The number of fused-ring (bicyclic) bond motifs is 1. The van der Waals surface area contributed by atoms with Crippen molar-refractivity contribution in [3.8, 4) is 0 Å². The molecule has 0 amide bonds. The van der Waals surface area contributed by atoms with Gasteiger partial charge in [0.05, 0.1) is 11.6 Å². The highest BCUT2D eigenvalue weighted by atomic mass is 35.5. The largest absolute Gasteiger partial charge is 0.310 e. The number of aromatic nitrogens is 4. The highest BCUT2D eigenvalue weighted by Gasteiger charge is 2.22. The van der Waals surface area contributed by atoms with Crippen molar-refractivity contribution in [1.29, 1.82) is 0 Å². The number of halogens is 1. The third kappa shape index (κ3) is 2.00. The Morgan fingerprint density at radius 3 is 2.58 bits per heavy atom. The first-order valence-corrected chi connectivity index (χ1v) is 7.55. The molecule has 0 spiro atoms. The molecule has 0 radical (unpaired) electrons. The molecule has 3 heterocycles. The lowest BCUT2D eigenvalue weighted by atomic mass is 10.2. The van der Waals surface area contributed by atoms with Gasteiger partial charge in [0.25, 0.3) is 0 Å². The van der Waals surface area contributed by atoms with E-state index in [2.05, 4.69) is 26.7 Å². The summed E-state index contributed by atoms with van der Waals surface area (Å²) in [7, 11) is 0. The number of aryl methyl sites for hydroxylation is 2. The standard InChI is InChI=1S/C13H20ClN5/c1-3-18-13-12(10(2)16-18)15-11(9-14)19(13)17-7-5-4-6-8-17/h3-9H2,1-2H3. The van der Waals surface area contributed by atoms with E-state index >= 15 is 0 Å².